The standard InChI is InChI=1S/C34H65BN6O7/c1-12-21(6)30(39(9)34(45)29(20(4)5)38-32(43)28(37-8)19(2)3)25(46-10)17-27(42)41-18-23(48-36)16-24(41)31(47-11)22(7)33(44)40-15-13-14-26(40)35/h19-26,28-31,37H,12-18,35-36H2,1-11H3,(H,38,43)/t21-,22+,23+,24-,25+,26-,28-,29-,30-,31+/m0/s1. The molecule has 0 aliphatic carbocycles. The molecule has 10 atom stereocenters. The van der Waals surface area contributed by atoms with Gasteiger partial charge in [-0.15, -0.1) is 0 Å². The molecule has 0 aromatic rings. The van der Waals surface area contributed by atoms with Gasteiger partial charge in [0.25, 0.3) is 0 Å². The lowest BCUT2D eigenvalue weighted by Crippen LogP contribution is -2.59. The summed E-state index contributed by atoms with van der Waals surface area (Å²) in [6.07, 6.45) is 1.48. The van der Waals surface area contributed by atoms with E-state index in [0.29, 0.717) is 6.42 Å². The number of likely N-dealkylation sites (tertiary alicyclic amines) is 2. The fourth-order valence-corrected chi connectivity index (χ4v) is 7.64. The van der Waals surface area contributed by atoms with E-state index in [-0.39, 0.29) is 60.3 Å². The maximum atomic E-state index is 14.2. The molecular weight excluding hydrogens is 615 g/mol. The summed E-state index contributed by atoms with van der Waals surface area (Å²) in [7, 11) is 8.64. The smallest absolute Gasteiger partial charge is 0.245 e. The summed E-state index contributed by atoms with van der Waals surface area (Å²) >= 11 is 0. The lowest BCUT2D eigenvalue weighted by molar-refractivity contribution is -0.149. The zero-order valence-electron chi connectivity index (χ0n) is 31.7. The number of rotatable bonds is 18. The van der Waals surface area contributed by atoms with Crippen LogP contribution in [0.4, 0.5) is 0 Å². The van der Waals surface area contributed by atoms with Crippen molar-refractivity contribution in [3.63, 3.8) is 0 Å². The Hall–Kier alpha value is -2.26. The summed E-state index contributed by atoms with van der Waals surface area (Å²) in [4.78, 5) is 65.5. The molecule has 2 fully saturated rings. The molecule has 48 heavy (non-hydrogen) atoms. The van der Waals surface area contributed by atoms with Crippen molar-refractivity contribution < 1.29 is 33.5 Å². The van der Waals surface area contributed by atoms with E-state index in [1.807, 2.05) is 53.4 Å². The number of methoxy groups -OCH3 is 2. The first kappa shape index (κ1) is 41.9. The minimum atomic E-state index is -0.762. The maximum Gasteiger partial charge on any atom is 0.245 e. The van der Waals surface area contributed by atoms with Crippen LogP contribution >= 0.6 is 0 Å². The molecule has 0 bridgehead atoms. The summed E-state index contributed by atoms with van der Waals surface area (Å²) in [6.45, 7) is 14.6. The first-order valence-corrected chi connectivity index (χ1v) is 17.8. The van der Waals surface area contributed by atoms with Crippen molar-refractivity contribution in [2.75, 3.05) is 41.4 Å². The topological polar surface area (TPSA) is 156 Å². The predicted molar refractivity (Wildman–Crippen MR) is 188 cm³/mol. The second-order valence-corrected chi connectivity index (χ2v) is 14.7. The highest BCUT2D eigenvalue weighted by Gasteiger charge is 2.46. The average molecular weight is 681 g/mol. The van der Waals surface area contributed by atoms with Crippen LogP contribution in [0.15, 0.2) is 0 Å². The van der Waals surface area contributed by atoms with E-state index in [1.54, 1.807) is 38.1 Å². The molecule has 0 unspecified atom stereocenters. The van der Waals surface area contributed by atoms with Crippen LogP contribution in [0, 0.1) is 23.7 Å². The fourth-order valence-electron chi connectivity index (χ4n) is 7.64. The van der Waals surface area contributed by atoms with Crippen molar-refractivity contribution in [3.8, 4) is 0 Å². The van der Waals surface area contributed by atoms with Crippen molar-refractivity contribution in [1.82, 2.24) is 25.3 Å². The van der Waals surface area contributed by atoms with Crippen molar-refractivity contribution in [3.05, 3.63) is 0 Å². The van der Waals surface area contributed by atoms with Crippen LogP contribution in [0.3, 0.4) is 0 Å². The number of likely N-dealkylation sites (N-methyl/N-ethyl adjacent to an activating group) is 2. The summed E-state index contributed by atoms with van der Waals surface area (Å²) in [5.41, 5.74) is 0. The normalized spacial score (nSPS) is 24.2. The molecule has 0 spiro atoms. The number of hydrogen-bond acceptors (Lipinski definition) is 9. The summed E-state index contributed by atoms with van der Waals surface area (Å²) in [5, 5.41) is 6.03. The van der Waals surface area contributed by atoms with Gasteiger partial charge in [-0.3, -0.25) is 24.0 Å². The van der Waals surface area contributed by atoms with Gasteiger partial charge in [-0.25, -0.2) is 5.90 Å². The predicted octanol–water partition coefficient (Wildman–Crippen LogP) is 0.742. The van der Waals surface area contributed by atoms with Gasteiger partial charge in [0.15, 0.2) is 0 Å². The lowest BCUT2D eigenvalue weighted by Gasteiger charge is -2.41. The number of amides is 4. The molecule has 13 nitrogen and oxygen atoms in total. The quantitative estimate of drug-likeness (QED) is 0.141. The molecule has 2 aliphatic heterocycles. The molecule has 0 radical (unpaired) electrons. The van der Waals surface area contributed by atoms with Crippen molar-refractivity contribution in [2.24, 2.45) is 29.6 Å². The summed E-state index contributed by atoms with van der Waals surface area (Å²) in [5.74, 6) is 4.50. The van der Waals surface area contributed by atoms with Crippen LogP contribution in [0.25, 0.3) is 0 Å². The maximum absolute atomic E-state index is 14.2. The Morgan fingerprint density at radius 2 is 1.62 bits per heavy atom. The zero-order valence-corrected chi connectivity index (χ0v) is 31.7. The van der Waals surface area contributed by atoms with Crippen LogP contribution in [-0.4, -0.2) is 136 Å². The number of carbonyl (C=O) groups is 4. The molecule has 0 aromatic carbocycles. The van der Waals surface area contributed by atoms with Gasteiger partial charge in [0.2, 0.25) is 23.6 Å². The zero-order chi connectivity index (χ0) is 36.5. The van der Waals surface area contributed by atoms with Gasteiger partial charge in [-0.2, -0.15) is 0 Å². The Labute approximate surface area is 290 Å². The van der Waals surface area contributed by atoms with Crippen molar-refractivity contribution in [2.45, 2.75) is 129 Å². The molecule has 2 heterocycles. The molecular formula is C34H65BN6O7. The highest BCUT2D eigenvalue weighted by molar-refractivity contribution is 6.13. The van der Waals surface area contributed by atoms with Crippen LogP contribution in [0.1, 0.15) is 80.6 Å². The fraction of sp³-hybridized carbons (Fsp3) is 0.882. The Bertz CT molecular complexity index is 1070. The Morgan fingerprint density at radius 3 is 2.08 bits per heavy atom. The van der Waals surface area contributed by atoms with E-state index in [0.717, 1.165) is 25.8 Å². The largest absolute Gasteiger partial charge is 0.379 e. The van der Waals surface area contributed by atoms with Gasteiger partial charge in [-0.05, 0) is 43.6 Å². The van der Waals surface area contributed by atoms with Gasteiger partial charge >= 0.3 is 0 Å². The molecule has 2 saturated heterocycles. The van der Waals surface area contributed by atoms with Crippen molar-refractivity contribution in [1.29, 1.82) is 0 Å². The molecule has 14 heteroatoms. The third-order valence-corrected chi connectivity index (χ3v) is 10.8. The molecule has 4 amide bonds. The summed E-state index contributed by atoms with van der Waals surface area (Å²) in [6, 6.07) is -2.10. The Morgan fingerprint density at radius 1 is 1.00 bits per heavy atom. The van der Waals surface area contributed by atoms with Gasteiger partial charge in [0.1, 0.15) is 13.9 Å². The molecule has 4 N–H and O–H groups in total. The Kier molecular flexibility index (Phi) is 16.8. The second-order valence-electron chi connectivity index (χ2n) is 14.7. The number of nitrogens with two attached hydrogens (primary N) is 1. The summed E-state index contributed by atoms with van der Waals surface area (Å²) < 4.78 is 11.9. The minimum absolute atomic E-state index is 0.00722. The van der Waals surface area contributed by atoms with E-state index in [4.69, 9.17) is 20.2 Å². The molecule has 276 valence electrons. The van der Waals surface area contributed by atoms with Gasteiger partial charge in [0, 0.05) is 40.8 Å². The van der Waals surface area contributed by atoms with Gasteiger partial charge in [0.05, 0.1) is 48.8 Å². The van der Waals surface area contributed by atoms with Crippen molar-refractivity contribution >= 4 is 31.5 Å². The number of carbonyl (C=O) groups excluding carboxylic acids is 4. The SMILES string of the molecule is B[C@@H]1CCCN1C(=O)[C@H](C)[C@@H](OC)[C@@H]1C[C@@H](ON)CN1C(=O)C[C@@H](OC)[C@H]([C@@H](C)CC)N(C)C(=O)[C@@H](NC(=O)[C@@H](NC)C(C)C)C(C)C. The van der Waals surface area contributed by atoms with Gasteiger partial charge < -0.3 is 34.8 Å². The number of nitrogens with zero attached hydrogens (tertiary/aromatic N) is 3. The van der Waals surface area contributed by atoms with Crippen LogP contribution in [0.2, 0.25) is 0 Å². The number of nitrogens with one attached hydrogen (secondary N) is 2. The highest BCUT2D eigenvalue weighted by atomic mass is 16.6. The molecule has 2 rings (SSSR count). The van der Waals surface area contributed by atoms with Crippen LogP contribution in [-0.2, 0) is 33.5 Å². The second kappa shape index (κ2) is 19.2. The van der Waals surface area contributed by atoms with Crippen LogP contribution in [0.5, 0.6) is 0 Å². The lowest BCUT2D eigenvalue weighted by atomic mass is 9.89. The van der Waals surface area contributed by atoms with E-state index in [9.17, 15) is 19.2 Å². The molecule has 2 aliphatic rings. The first-order chi connectivity index (χ1) is 22.6. The van der Waals surface area contributed by atoms with E-state index >= 15 is 0 Å². The third-order valence-electron chi connectivity index (χ3n) is 10.8. The van der Waals surface area contributed by atoms with E-state index in [1.165, 1.54) is 0 Å². The minimum Gasteiger partial charge on any atom is -0.379 e. The van der Waals surface area contributed by atoms with Gasteiger partial charge in [-0.1, -0.05) is 54.9 Å². The highest BCUT2D eigenvalue weighted by Crippen LogP contribution is 2.32. The average Bonchev–Trinajstić information content (AvgIpc) is 3.68. The van der Waals surface area contributed by atoms with Crippen LogP contribution < -0.4 is 16.5 Å². The number of hydrogen-bond donors (Lipinski definition) is 3. The van der Waals surface area contributed by atoms with E-state index < -0.39 is 48.4 Å². The number of ether oxygens (including phenoxy) is 2. The van der Waals surface area contributed by atoms with E-state index in [2.05, 4.69) is 18.5 Å². The third kappa shape index (κ3) is 9.92. The molecule has 0 aromatic heterocycles. The molecule has 0 saturated carbocycles. The first-order valence-electron chi connectivity index (χ1n) is 17.8. The Balaban J connectivity index is 2.34. The monoisotopic (exact) mass is 681 g/mol.